The molecule has 4 nitrogen and oxygen atoms in total. The molecule has 1 atom stereocenters. The van der Waals surface area contributed by atoms with Gasteiger partial charge in [-0.15, -0.1) is 0 Å². The zero-order valence-corrected chi connectivity index (χ0v) is 10.4. The van der Waals surface area contributed by atoms with Crippen molar-refractivity contribution in [3.05, 3.63) is 0 Å². The highest BCUT2D eigenvalue weighted by atomic mass is 16.5. The van der Waals surface area contributed by atoms with Crippen LogP contribution in [0.15, 0.2) is 0 Å². The number of hydrogen-bond acceptors (Lipinski definition) is 3. The first kappa shape index (κ1) is 14.4. The highest BCUT2D eigenvalue weighted by Crippen LogP contribution is 1.98. The van der Waals surface area contributed by atoms with E-state index in [1.54, 1.807) is 7.11 Å². The van der Waals surface area contributed by atoms with Crippen molar-refractivity contribution in [3.63, 3.8) is 0 Å². The second-order valence-corrected chi connectivity index (χ2v) is 3.63. The van der Waals surface area contributed by atoms with Crippen LogP contribution in [0, 0.1) is 0 Å². The van der Waals surface area contributed by atoms with Crippen LogP contribution in [0.3, 0.4) is 0 Å². The predicted octanol–water partition coefficient (Wildman–Crippen LogP) is 0.869. The van der Waals surface area contributed by atoms with Crippen molar-refractivity contribution in [2.45, 2.75) is 33.2 Å². The number of nitrogens with one attached hydrogen (secondary N) is 1. The van der Waals surface area contributed by atoms with Crippen LogP contribution in [0.1, 0.15) is 27.2 Å². The molecule has 0 heterocycles. The van der Waals surface area contributed by atoms with Crippen molar-refractivity contribution in [2.24, 2.45) is 0 Å². The number of likely N-dealkylation sites (N-methyl/N-ethyl adjacent to an activating group) is 1. The second kappa shape index (κ2) is 8.68. The van der Waals surface area contributed by atoms with Gasteiger partial charge in [-0.25, -0.2) is 0 Å². The lowest BCUT2D eigenvalue weighted by molar-refractivity contribution is -0.132. The Balaban J connectivity index is 3.91. The normalized spacial score (nSPS) is 12.5. The molecule has 0 bridgehead atoms. The fourth-order valence-electron chi connectivity index (χ4n) is 1.47. The molecule has 0 radical (unpaired) electrons. The number of amides is 1. The number of carbonyl (C=O) groups excluding carboxylic acids is 1. The number of ether oxygens (including phenoxy) is 1. The summed E-state index contributed by atoms with van der Waals surface area (Å²) in [5, 5.41) is 3.23. The minimum absolute atomic E-state index is 0.197. The molecule has 0 aromatic carbocycles. The average molecular weight is 216 g/mol. The number of carbonyl (C=O) groups is 1. The third kappa shape index (κ3) is 6.47. The Morgan fingerprint density at radius 1 is 1.47 bits per heavy atom. The number of nitrogens with zero attached hydrogens (tertiary/aromatic N) is 1. The Kier molecular flexibility index (Phi) is 8.33. The first-order chi connectivity index (χ1) is 7.15. The molecule has 0 aliphatic rings. The molecule has 90 valence electrons. The van der Waals surface area contributed by atoms with E-state index in [1.807, 2.05) is 25.7 Å². The highest BCUT2D eigenvalue weighted by Gasteiger charge is 2.14. The Morgan fingerprint density at radius 2 is 2.13 bits per heavy atom. The first-order valence-electron chi connectivity index (χ1n) is 5.65. The number of methoxy groups -OCH3 is 1. The quantitative estimate of drug-likeness (QED) is 0.654. The summed E-state index contributed by atoms with van der Waals surface area (Å²) in [5.41, 5.74) is 0. The van der Waals surface area contributed by atoms with E-state index in [1.165, 1.54) is 0 Å². The SMILES string of the molecule is CCNC(C)CC(=O)N(CC)CCOC. The van der Waals surface area contributed by atoms with Gasteiger partial charge in [0, 0.05) is 32.7 Å². The Hall–Kier alpha value is -0.610. The molecule has 1 unspecified atom stereocenters. The zero-order chi connectivity index (χ0) is 11.7. The second-order valence-electron chi connectivity index (χ2n) is 3.63. The van der Waals surface area contributed by atoms with Crippen LogP contribution in [0.5, 0.6) is 0 Å². The maximum atomic E-state index is 11.8. The molecule has 0 aromatic heterocycles. The van der Waals surface area contributed by atoms with E-state index < -0.39 is 0 Å². The summed E-state index contributed by atoms with van der Waals surface area (Å²) < 4.78 is 4.97. The largest absolute Gasteiger partial charge is 0.383 e. The third-order valence-corrected chi connectivity index (χ3v) is 2.33. The van der Waals surface area contributed by atoms with Crippen LogP contribution in [0.25, 0.3) is 0 Å². The summed E-state index contributed by atoms with van der Waals surface area (Å²) >= 11 is 0. The lowest BCUT2D eigenvalue weighted by atomic mass is 10.2. The first-order valence-corrected chi connectivity index (χ1v) is 5.65. The maximum absolute atomic E-state index is 11.8. The third-order valence-electron chi connectivity index (χ3n) is 2.33. The molecule has 0 aliphatic carbocycles. The summed E-state index contributed by atoms with van der Waals surface area (Å²) in [6.45, 7) is 9.01. The van der Waals surface area contributed by atoms with Gasteiger partial charge in [-0.3, -0.25) is 4.79 Å². The molecule has 1 amide bonds. The van der Waals surface area contributed by atoms with Gasteiger partial charge in [-0.2, -0.15) is 0 Å². The van der Waals surface area contributed by atoms with Crippen LogP contribution in [0.2, 0.25) is 0 Å². The van der Waals surface area contributed by atoms with Gasteiger partial charge in [0.15, 0.2) is 0 Å². The van der Waals surface area contributed by atoms with Crippen molar-refractivity contribution in [1.29, 1.82) is 0 Å². The van der Waals surface area contributed by atoms with E-state index >= 15 is 0 Å². The van der Waals surface area contributed by atoms with E-state index in [4.69, 9.17) is 4.74 Å². The van der Waals surface area contributed by atoms with Crippen LogP contribution < -0.4 is 5.32 Å². The molecule has 15 heavy (non-hydrogen) atoms. The van der Waals surface area contributed by atoms with Crippen molar-refractivity contribution in [2.75, 3.05) is 33.4 Å². The maximum Gasteiger partial charge on any atom is 0.224 e. The molecule has 0 spiro atoms. The van der Waals surface area contributed by atoms with Crippen molar-refractivity contribution in [3.8, 4) is 0 Å². The van der Waals surface area contributed by atoms with Gasteiger partial charge < -0.3 is 15.0 Å². The predicted molar refractivity (Wildman–Crippen MR) is 61.9 cm³/mol. The monoisotopic (exact) mass is 216 g/mol. The fraction of sp³-hybridized carbons (Fsp3) is 0.909. The lowest BCUT2D eigenvalue weighted by Crippen LogP contribution is -2.38. The van der Waals surface area contributed by atoms with Crippen LogP contribution in [0.4, 0.5) is 0 Å². The number of hydrogen-bond donors (Lipinski definition) is 1. The standard InChI is InChI=1S/C11H24N2O2/c1-5-12-10(3)9-11(14)13(6-2)7-8-15-4/h10,12H,5-9H2,1-4H3. The molecule has 0 rings (SSSR count). The average Bonchev–Trinajstić information content (AvgIpc) is 2.19. The molecular formula is C11H24N2O2. The van der Waals surface area contributed by atoms with E-state index in [2.05, 4.69) is 5.32 Å². The van der Waals surface area contributed by atoms with E-state index in [-0.39, 0.29) is 11.9 Å². The minimum Gasteiger partial charge on any atom is -0.383 e. The van der Waals surface area contributed by atoms with Gasteiger partial charge in [0.2, 0.25) is 5.91 Å². The van der Waals surface area contributed by atoms with Gasteiger partial charge in [0.05, 0.1) is 6.61 Å². The summed E-state index contributed by atoms with van der Waals surface area (Å²) in [6, 6.07) is 0.249. The van der Waals surface area contributed by atoms with Gasteiger partial charge >= 0.3 is 0 Å². The molecule has 0 saturated heterocycles. The van der Waals surface area contributed by atoms with Crippen LogP contribution in [-0.2, 0) is 9.53 Å². The minimum atomic E-state index is 0.197. The van der Waals surface area contributed by atoms with Gasteiger partial charge in [0.1, 0.15) is 0 Å². The smallest absolute Gasteiger partial charge is 0.224 e. The molecular weight excluding hydrogens is 192 g/mol. The van der Waals surface area contributed by atoms with Crippen LogP contribution in [-0.4, -0.2) is 50.2 Å². The van der Waals surface area contributed by atoms with Crippen molar-refractivity contribution >= 4 is 5.91 Å². The topological polar surface area (TPSA) is 41.6 Å². The Labute approximate surface area is 93.0 Å². The summed E-state index contributed by atoms with van der Waals surface area (Å²) in [4.78, 5) is 13.6. The van der Waals surface area contributed by atoms with E-state index in [0.29, 0.717) is 19.6 Å². The molecule has 0 aliphatic heterocycles. The highest BCUT2D eigenvalue weighted by molar-refractivity contribution is 5.76. The Morgan fingerprint density at radius 3 is 2.60 bits per heavy atom. The summed E-state index contributed by atoms with van der Waals surface area (Å²) in [7, 11) is 1.65. The van der Waals surface area contributed by atoms with Gasteiger partial charge in [-0.1, -0.05) is 6.92 Å². The Bertz CT molecular complexity index is 174. The molecule has 0 fully saturated rings. The lowest BCUT2D eigenvalue weighted by Gasteiger charge is -2.22. The van der Waals surface area contributed by atoms with Crippen molar-refractivity contribution < 1.29 is 9.53 Å². The van der Waals surface area contributed by atoms with Gasteiger partial charge in [-0.05, 0) is 20.4 Å². The summed E-state index contributed by atoms with van der Waals surface area (Å²) in [5.74, 6) is 0.197. The fourth-order valence-corrected chi connectivity index (χ4v) is 1.47. The zero-order valence-electron chi connectivity index (χ0n) is 10.4. The van der Waals surface area contributed by atoms with Gasteiger partial charge in [0.25, 0.3) is 0 Å². The molecule has 0 aromatic rings. The van der Waals surface area contributed by atoms with Crippen LogP contribution >= 0.6 is 0 Å². The molecule has 0 saturated carbocycles. The van der Waals surface area contributed by atoms with E-state index in [9.17, 15) is 4.79 Å². The molecule has 4 heteroatoms. The molecule has 1 N–H and O–H groups in total. The van der Waals surface area contributed by atoms with Crippen molar-refractivity contribution in [1.82, 2.24) is 10.2 Å². The number of rotatable bonds is 8. The van der Waals surface area contributed by atoms with E-state index in [0.717, 1.165) is 13.1 Å². The summed E-state index contributed by atoms with van der Waals surface area (Å²) in [6.07, 6.45) is 0.561.